The van der Waals surface area contributed by atoms with Crippen LogP contribution in [0.2, 0.25) is 5.02 Å². The van der Waals surface area contributed by atoms with Crippen molar-refractivity contribution in [3.05, 3.63) is 53.6 Å². The minimum Gasteiger partial charge on any atom is -0.363 e. The first kappa shape index (κ1) is 18.7. The van der Waals surface area contributed by atoms with Crippen LogP contribution in [0.15, 0.2) is 43.0 Å². The molecule has 28 heavy (non-hydrogen) atoms. The summed E-state index contributed by atoms with van der Waals surface area (Å²) in [7, 11) is 0. The second-order valence-corrected chi connectivity index (χ2v) is 8.05. The molecule has 2 saturated heterocycles. The van der Waals surface area contributed by atoms with Gasteiger partial charge in [-0.3, -0.25) is 9.59 Å². The molecule has 0 bridgehead atoms. The lowest BCUT2D eigenvalue weighted by atomic mass is 9.82. The summed E-state index contributed by atoms with van der Waals surface area (Å²) in [6, 6.07) is 7.36. The molecule has 2 aromatic rings. The lowest BCUT2D eigenvalue weighted by molar-refractivity contribution is -0.170. The summed E-state index contributed by atoms with van der Waals surface area (Å²) in [6.45, 7) is 5.24. The van der Waals surface area contributed by atoms with Gasteiger partial charge in [0.15, 0.2) is 5.54 Å². The van der Waals surface area contributed by atoms with Gasteiger partial charge in [-0.15, -0.1) is 0 Å². The first-order valence-corrected chi connectivity index (χ1v) is 9.64. The Balaban J connectivity index is 1.64. The summed E-state index contributed by atoms with van der Waals surface area (Å²) >= 11 is 5.98. The number of halogens is 1. The molecule has 3 heterocycles. The fourth-order valence-corrected chi connectivity index (χ4v) is 4.01. The second-order valence-electron chi connectivity index (χ2n) is 7.62. The van der Waals surface area contributed by atoms with Crippen LogP contribution >= 0.6 is 11.6 Å². The highest BCUT2D eigenvalue weighted by molar-refractivity contribution is 6.30. The molecule has 2 aliphatic rings. The van der Waals surface area contributed by atoms with Gasteiger partial charge >= 0.3 is 0 Å². The van der Waals surface area contributed by atoms with Crippen LogP contribution < -0.4 is 4.90 Å². The normalized spacial score (nSPS) is 18.8. The Morgan fingerprint density at radius 1 is 1.11 bits per heavy atom. The smallest absolute Gasteiger partial charge is 0.252 e. The molecular weight excluding hydrogens is 378 g/mol. The van der Waals surface area contributed by atoms with Gasteiger partial charge in [0.05, 0.1) is 31.2 Å². The third kappa shape index (κ3) is 3.09. The molecule has 1 aromatic heterocycles. The van der Waals surface area contributed by atoms with E-state index in [9.17, 15) is 9.59 Å². The quantitative estimate of drug-likeness (QED) is 0.786. The molecule has 1 aromatic carbocycles. The molecule has 0 atom stereocenters. The first-order valence-electron chi connectivity index (χ1n) is 9.27. The van der Waals surface area contributed by atoms with Gasteiger partial charge in [-0.25, -0.2) is 9.97 Å². The van der Waals surface area contributed by atoms with Crippen molar-refractivity contribution in [2.45, 2.75) is 32.0 Å². The lowest BCUT2D eigenvalue weighted by Crippen LogP contribution is -2.81. The number of rotatable bonds is 4. The van der Waals surface area contributed by atoms with E-state index in [0.29, 0.717) is 24.7 Å². The summed E-state index contributed by atoms with van der Waals surface area (Å²) in [5.41, 5.74) is 0.931. The molecule has 146 valence electrons. The highest BCUT2D eigenvalue weighted by Gasteiger charge is 2.59. The van der Waals surface area contributed by atoms with Gasteiger partial charge in [0, 0.05) is 17.6 Å². The number of anilines is 1. The van der Waals surface area contributed by atoms with Crippen LogP contribution in [0.25, 0.3) is 0 Å². The summed E-state index contributed by atoms with van der Waals surface area (Å²) < 4.78 is 0. The van der Waals surface area contributed by atoms with Gasteiger partial charge in [-0.1, -0.05) is 23.7 Å². The minimum atomic E-state index is -0.866. The molecule has 0 saturated carbocycles. The Kier molecular flexibility index (Phi) is 4.71. The molecule has 1 spiro atoms. The third-order valence-corrected chi connectivity index (χ3v) is 5.73. The van der Waals surface area contributed by atoms with Gasteiger partial charge < -0.3 is 14.7 Å². The van der Waals surface area contributed by atoms with Crippen molar-refractivity contribution in [2.24, 2.45) is 0 Å². The standard InChI is InChI=1S/C20H22ClN5O2/c1-14(2)25-10-18(27)26(9-15-3-5-16(21)6-4-15)20(19(25)28)11-24(12-20)17-7-22-13-23-8-17/h3-8,13-14H,9-12H2,1-2H3. The summed E-state index contributed by atoms with van der Waals surface area (Å²) in [6.07, 6.45) is 4.92. The molecule has 2 fully saturated rings. The molecule has 0 unspecified atom stereocenters. The molecule has 4 rings (SSSR count). The molecule has 8 heteroatoms. The van der Waals surface area contributed by atoms with Gasteiger partial charge in [0.1, 0.15) is 12.9 Å². The minimum absolute atomic E-state index is 0.00385. The van der Waals surface area contributed by atoms with Crippen LogP contribution in [-0.2, 0) is 16.1 Å². The predicted molar refractivity (Wildman–Crippen MR) is 106 cm³/mol. The van der Waals surface area contributed by atoms with Crippen LogP contribution in [0.4, 0.5) is 5.69 Å². The van der Waals surface area contributed by atoms with Gasteiger partial charge in [-0.2, -0.15) is 0 Å². The van der Waals surface area contributed by atoms with Gasteiger partial charge in [0.2, 0.25) is 5.91 Å². The number of piperazine rings is 1. The first-order chi connectivity index (χ1) is 13.4. The van der Waals surface area contributed by atoms with Crippen LogP contribution in [0.1, 0.15) is 19.4 Å². The average Bonchev–Trinajstić information content (AvgIpc) is 2.65. The van der Waals surface area contributed by atoms with Crippen molar-refractivity contribution < 1.29 is 9.59 Å². The molecule has 0 aliphatic carbocycles. The monoisotopic (exact) mass is 399 g/mol. The number of amides is 2. The van der Waals surface area contributed by atoms with Crippen molar-refractivity contribution in [1.82, 2.24) is 19.8 Å². The summed E-state index contributed by atoms with van der Waals surface area (Å²) in [5.74, 6) is -0.0311. The van der Waals surface area contributed by atoms with Crippen LogP contribution in [0.5, 0.6) is 0 Å². The maximum Gasteiger partial charge on any atom is 0.252 e. The van der Waals surface area contributed by atoms with Crippen molar-refractivity contribution in [3.63, 3.8) is 0 Å². The number of hydrogen-bond donors (Lipinski definition) is 0. The van der Waals surface area contributed by atoms with E-state index in [2.05, 4.69) is 9.97 Å². The van der Waals surface area contributed by atoms with Crippen molar-refractivity contribution in [1.29, 1.82) is 0 Å². The zero-order valence-electron chi connectivity index (χ0n) is 15.9. The summed E-state index contributed by atoms with van der Waals surface area (Å²) in [4.78, 5) is 40.0. The van der Waals surface area contributed by atoms with Gasteiger partial charge in [0.25, 0.3) is 5.91 Å². The van der Waals surface area contributed by atoms with E-state index in [-0.39, 0.29) is 24.4 Å². The van der Waals surface area contributed by atoms with Crippen LogP contribution in [0, 0.1) is 0 Å². The Morgan fingerprint density at radius 2 is 1.75 bits per heavy atom. The molecule has 2 aliphatic heterocycles. The highest BCUT2D eigenvalue weighted by atomic mass is 35.5. The van der Waals surface area contributed by atoms with Crippen LogP contribution in [0.3, 0.4) is 0 Å². The van der Waals surface area contributed by atoms with E-state index in [4.69, 9.17) is 11.6 Å². The highest BCUT2D eigenvalue weighted by Crippen LogP contribution is 2.37. The van der Waals surface area contributed by atoms with E-state index >= 15 is 0 Å². The number of nitrogens with zero attached hydrogens (tertiary/aromatic N) is 5. The Labute approximate surface area is 168 Å². The van der Waals surface area contributed by atoms with Crippen molar-refractivity contribution in [3.8, 4) is 0 Å². The van der Waals surface area contributed by atoms with Crippen LogP contribution in [-0.4, -0.2) is 62.8 Å². The Hall–Kier alpha value is -2.67. The molecule has 0 N–H and O–H groups in total. The average molecular weight is 400 g/mol. The summed E-state index contributed by atoms with van der Waals surface area (Å²) in [5, 5.41) is 0.643. The maximum absolute atomic E-state index is 13.4. The Morgan fingerprint density at radius 3 is 2.36 bits per heavy atom. The zero-order chi connectivity index (χ0) is 19.9. The number of carbonyl (C=O) groups excluding carboxylic acids is 2. The number of hydrogen-bond acceptors (Lipinski definition) is 5. The second kappa shape index (κ2) is 7.05. The van der Waals surface area contributed by atoms with E-state index in [0.717, 1.165) is 11.3 Å². The van der Waals surface area contributed by atoms with Gasteiger partial charge in [-0.05, 0) is 31.5 Å². The zero-order valence-corrected chi connectivity index (χ0v) is 16.6. The van der Waals surface area contributed by atoms with E-state index in [1.165, 1.54) is 6.33 Å². The van der Waals surface area contributed by atoms with Crippen molar-refractivity contribution >= 4 is 29.1 Å². The molecule has 0 radical (unpaired) electrons. The van der Waals surface area contributed by atoms with E-state index in [1.807, 2.05) is 30.9 Å². The Bertz CT molecular complexity index is 881. The third-order valence-electron chi connectivity index (χ3n) is 5.48. The van der Waals surface area contributed by atoms with E-state index < -0.39 is 5.54 Å². The van der Waals surface area contributed by atoms with E-state index in [1.54, 1.807) is 34.3 Å². The maximum atomic E-state index is 13.4. The number of carbonyl (C=O) groups is 2. The molecular formula is C20H22ClN5O2. The fourth-order valence-electron chi connectivity index (χ4n) is 3.88. The number of aromatic nitrogens is 2. The topological polar surface area (TPSA) is 69.6 Å². The SMILES string of the molecule is CC(C)N1CC(=O)N(Cc2ccc(Cl)cc2)C2(CN(c3cncnc3)C2)C1=O. The largest absolute Gasteiger partial charge is 0.363 e. The number of benzene rings is 1. The van der Waals surface area contributed by atoms with Crippen molar-refractivity contribution in [2.75, 3.05) is 24.5 Å². The fraction of sp³-hybridized carbons (Fsp3) is 0.400. The molecule has 7 nitrogen and oxygen atoms in total. The lowest BCUT2D eigenvalue weighted by Gasteiger charge is -2.59. The predicted octanol–water partition coefficient (Wildman–Crippen LogP) is 1.97. The molecule has 2 amide bonds.